The van der Waals surface area contributed by atoms with Gasteiger partial charge in [-0.25, -0.2) is 4.98 Å². The molecule has 106 valence electrons. The number of carbonyl (C=O) groups excluding carboxylic acids is 1. The molecule has 0 aliphatic heterocycles. The van der Waals surface area contributed by atoms with Crippen molar-refractivity contribution in [2.75, 3.05) is 6.61 Å². The Labute approximate surface area is 117 Å². The lowest BCUT2D eigenvalue weighted by Crippen LogP contribution is -2.15. The zero-order valence-electron chi connectivity index (χ0n) is 11.6. The lowest BCUT2D eigenvalue weighted by Gasteiger charge is -2.03. The van der Waals surface area contributed by atoms with Gasteiger partial charge in [-0.3, -0.25) is 4.79 Å². The summed E-state index contributed by atoms with van der Waals surface area (Å²) >= 11 is 0. The van der Waals surface area contributed by atoms with Crippen LogP contribution in [0.4, 0.5) is 0 Å². The standard InChI is InChI=1S/C15H19N3O2/c1-2-20-14(19)10-18-9-11(8-17-12-5-6-12)13-4-3-7-16-15(13)18/h3-4,7,9,12,17H,2,5-6,8,10H2,1H3. The first-order valence-electron chi connectivity index (χ1n) is 7.09. The molecule has 2 aromatic heterocycles. The van der Waals surface area contributed by atoms with Gasteiger partial charge in [-0.05, 0) is 37.5 Å². The molecule has 1 fully saturated rings. The van der Waals surface area contributed by atoms with E-state index in [1.807, 2.05) is 29.8 Å². The second kappa shape index (κ2) is 5.63. The lowest BCUT2D eigenvalue weighted by molar-refractivity contribution is -0.143. The molecule has 1 N–H and O–H groups in total. The third-order valence-corrected chi connectivity index (χ3v) is 3.48. The van der Waals surface area contributed by atoms with Gasteiger partial charge in [0.2, 0.25) is 0 Å². The fourth-order valence-corrected chi connectivity index (χ4v) is 2.34. The highest BCUT2D eigenvalue weighted by Crippen LogP contribution is 2.23. The van der Waals surface area contributed by atoms with Gasteiger partial charge in [0, 0.05) is 30.4 Å². The lowest BCUT2D eigenvalue weighted by atomic mass is 10.2. The molecular weight excluding hydrogens is 254 g/mol. The average Bonchev–Trinajstić information content (AvgIpc) is 3.21. The molecule has 0 radical (unpaired) electrons. The number of rotatable bonds is 6. The van der Waals surface area contributed by atoms with E-state index in [0.717, 1.165) is 17.6 Å². The molecule has 2 heterocycles. The molecule has 5 nitrogen and oxygen atoms in total. The predicted molar refractivity (Wildman–Crippen MR) is 76.2 cm³/mol. The van der Waals surface area contributed by atoms with Crippen molar-refractivity contribution in [1.82, 2.24) is 14.9 Å². The Balaban J connectivity index is 1.84. The van der Waals surface area contributed by atoms with Crippen molar-refractivity contribution in [2.24, 2.45) is 0 Å². The Kier molecular flexibility index (Phi) is 3.69. The van der Waals surface area contributed by atoms with Crippen LogP contribution in [0.15, 0.2) is 24.5 Å². The highest BCUT2D eigenvalue weighted by atomic mass is 16.5. The number of ether oxygens (including phenoxy) is 1. The fraction of sp³-hybridized carbons (Fsp3) is 0.467. The van der Waals surface area contributed by atoms with Crippen LogP contribution in [0.3, 0.4) is 0 Å². The van der Waals surface area contributed by atoms with Crippen molar-refractivity contribution in [2.45, 2.75) is 38.9 Å². The number of carbonyl (C=O) groups is 1. The van der Waals surface area contributed by atoms with E-state index in [4.69, 9.17) is 4.74 Å². The Bertz CT molecular complexity index is 617. The third kappa shape index (κ3) is 2.82. The van der Waals surface area contributed by atoms with Crippen molar-refractivity contribution < 1.29 is 9.53 Å². The Hall–Kier alpha value is -1.88. The number of pyridine rings is 1. The summed E-state index contributed by atoms with van der Waals surface area (Å²) < 4.78 is 6.88. The van der Waals surface area contributed by atoms with Crippen molar-refractivity contribution in [3.8, 4) is 0 Å². The van der Waals surface area contributed by atoms with E-state index in [2.05, 4.69) is 10.3 Å². The van der Waals surface area contributed by atoms with Crippen LogP contribution < -0.4 is 5.32 Å². The summed E-state index contributed by atoms with van der Waals surface area (Å²) in [6, 6.07) is 4.64. The molecular formula is C15H19N3O2. The van der Waals surface area contributed by atoms with E-state index in [-0.39, 0.29) is 12.5 Å². The second-order valence-corrected chi connectivity index (χ2v) is 5.12. The van der Waals surface area contributed by atoms with Gasteiger partial charge in [0.05, 0.1) is 6.61 Å². The number of aromatic nitrogens is 2. The Morgan fingerprint density at radius 1 is 1.55 bits per heavy atom. The first-order chi connectivity index (χ1) is 9.78. The average molecular weight is 273 g/mol. The van der Waals surface area contributed by atoms with Crippen LogP contribution in [0.5, 0.6) is 0 Å². The number of fused-ring (bicyclic) bond motifs is 1. The summed E-state index contributed by atoms with van der Waals surface area (Å²) in [6.45, 7) is 3.25. The van der Waals surface area contributed by atoms with Crippen LogP contribution in [0.1, 0.15) is 25.3 Å². The van der Waals surface area contributed by atoms with Gasteiger partial charge in [0.25, 0.3) is 0 Å². The van der Waals surface area contributed by atoms with Crippen LogP contribution >= 0.6 is 0 Å². The topological polar surface area (TPSA) is 56.1 Å². The van der Waals surface area contributed by atoms with Gasteiger partial charge >= 0.3 is 5.97 Å². The molecule has 5 heteroatoms. The van der Waals surface area contributed by atoms with Crippen molar-refractivity contribution in [1.29, 1.82) is 0 Å². The van der Waals surface area contributed by atoms with Crippen LogP contribution in [0.2, 0.25) is 0 Å². The van der Waals surface area contributed by atoms with Crippen LogP contribution in [0, 0.1) is 0 Å². The van der Waals surface area contributed by atoms with Gasteiger partial charge in [-0.15, -0.1) is 0 Å². The number of nitrogens with one attached hydrogen (secondary N) is 1. The van der Waals surface area contributed by atoms with E-state index in [1.54, 1.807) is 6.20 Å². The largest absolute Gasteiger partial charge is 0.465 e. The third-order valence-electron chi connectivity index (χ3n) is 3.48. The molecule has 0 spiro atoms. The molecule has 3 rings (SSSR count). The zero-order valence-corrected chi connectivity index (χ0v) is 11.6. The SMILES string of the molecule is CCOC(=O)Cn1cc(CNC2CC2)c2cccnc21. The van der Waals surface area contributed by atoms with E-state index in [1.165, 1.54) is 18.4 Å². The molecule has 0 saturated heterocycles. The molecule has 1 saturated carbocycles. The normalized spacial score (nSPS) is 14.7. The van der Waals surface area contributed by atoms with Crippen molar-refractivity contribution in [3.63, 3.8) is 0 Å². The van der Waals surface area contributed by atoms with Gasteiger partial charge in [-0.2, -0.15) is 0 Å². The van der Waals surface area contributed by atoms with Crippen LogP contribution in [-0.2, 0) is 22.6 Å². The summed E-state index contributed by atoms with van der Waals surface area (Å²) in [5.41, 5.74) is 2.03. The van der Waals surface area contributed by atoms with Crippen molar-refractivity contribution >= 4 is 17.0 Å². The first-order valence-corrected chi connectivity index (χ1v) is 7.09. The molecule has 1 aliphatic rings. The summed E-state index contributed by atoms with van der Waals surface area (Å²) in [5.74, 6) is -0.225. The van der Waals surface area contributed by atoms with E-state index in [9.17, 15) is 4.79 Å². The highest BCUT2D eigenvalue weighted by molar-refractivity contribution is 5.82. The Morgan fingerprint density at radius 2 is 2.40 bits per heavy atom. The maximum absolute atomic E-state index is 11.7. The minimum absolute atomic E-state index is 0.213. The summed E-state index contributed by atoms with van der Waals surface area (Å²) in [6.07, 6.45) is 6.28. The fourth-order valence-electron chi connectivity index (χ4n) is 2.34. The highest BCUT2D eigenvalue weighted by Gasteiger charge is 2.21. The summed E-state index contributed by atoms with van der Waals surface area (Å²) in [4.78, 5) is 16.0. The molecule has 0 aromatic carbocycles. The maximum atomic E-state index is 11.7. The number of hydrogen-bond donors (Lipinski definition) is 1. The maximum Gasteiger partial charge on any atom is 0.325 e. The zero-order chi connectivity index (χ0) is 13.9. The van der Waals surface area contributed by atoms with Gasteiger partial charge in [0.15, 0.2) is 0 Å². The van der Waals surface area contributed by atoms with Crippen LogP contribution in [-0.4, -0.2) is 28.2 Å². The number of nitrogens with zero attached hydrogens (tertiary/aromatic N) is 2. The summed E-state index contributed by atoms with van der Waals surface area (Å²) in [5, 5.41) is 4.60. The smallest absolute Gasteiger partial charge is 0.325 e. The van der Waals surface area contributed by atoms with Crippen LogP contribution in [0.25, 0.3) is 11.0 Å². The van der Waals surface area contributed by atoms with Gasteiger partial charge < -0.3 is 14.6 Å². The quantitative estimate of drug-likeness (QED) is 0.816. The Morgan fingerprint density at radius 3 is 3.15 bits per heavy atom. The van der Waals surface area contributed by atoms with Gasteiger partial charge in [-0.1, -0.05) is 0 Å². The molecule has 0 bridgehead atoms. The molecule has 0 atom stereocenters. The molecule has 0 unspecified atom stereocenters. The second-order valence-electron chi connectivity index (χ2n) is 5.12. The molecule has 0 amide bonds. The minimum atomic E-state index is -0.225. The molecule has 20 heavy (non-hydrogen) atoms. The van der Waals surface area contributed by atoms with E-state index in [0.29, 0.717) is 12.6 Å². The van der Waals surface area contributed by atoms with Crippen molar-refractivity contribution in [3.05, 3.63) is 30.1 Å². The minimum Gasteiger partial charge on any atom is -0.465 e. The first kappa shape index (κ1) is 13.1. The van der Waals surface area contributed by atoms with E-state index < -0.39 is 0 Å². The van der Waals surface area contributed by atoms with Gasteiger partial charge in [0.1, 0.15) is 12.2 Å². The number of hydrogen-bond acceptors (Lipinski definition) is 4. The predicted octanol–water partition coefficient (Wildman–Crippen LogP) is 1.85. The summed E-state index contributed by atoms with van der Waals surface area (Å²) in [7, 11) is 0. The molecule has 2 aromatic rings. The number of esters is 1. The monoisotopic (exact) mass is 273 g/mol. The molecule has 1 aliphatic carbocycles. The van der Waals surface area contributed by atoms with E-state index >= 15 is 0 Å².